The van der Waals surface area contributed by atoms with Gasteiger partial charge in [0.1, 0.15) is 5.82 Å². The molecule has 1 aliphatic carbocycles. The van der Waals surface area contributed by atoms with E-state index in [2.05, 4.69) is 29.9 Å². The van der Waals surface area contributed by atoms with Crippen molar-refractivity contribution in [2.24, 2.45) is 0 Å². The van der Waals surface area contributed by atoms with Crippen LogP contribution in [0.2, 0.25) is 0 Å². The molecule has 2 atom stereocenters. The van der Waals surface area contributed by atoms with Crippen LogP contribution in [0.15, 0.2) is 18.5 Å². The highest BCUT2D eigenvalue weighted by Crippen LogP contribution is 2.34. The highest BCUT2D eigenvalue weighted by molar-refractivity contribution is 5.75. The Morgan fingerprint density at radius 2 is 2.12 bits per heavy atom. The summed E-state index contributed by atoms with van der Waals surface area (Å²) in [5.41, 5.74) is 2.61. The van der Waals surface area contributed by atoms with E-state index >= 15 is 0 Å². The molecule has 1 saturated heterocycles. The summed E-state index contributed by atoms with van der Waals surface area (Å²) in [5, 5.41) is 11.9. The zero-order chi connectivity index (χ0) is 16.8. The third-order valence-corrected chi connectivity index (χ3v) is 5.49. The van der Waals surface area contributed by atoms with Gasteiger partial charge in [0.2, 0.25) is 0 Å². The molecule has 130 valence electrons. The van der Waals surface area contributed by atoms with Gasteiger partial charge in [-0.25, -0.2) is 9.78 Å². The molecule has 0 unspecified atom stereocenters. The van der Waals surface area contributed by atoms with E-state index in [1.165, 1.54) is 0 Å². The Morgan fingerprint density at radius 1 is 1.24 bits per heavy atom. The van der Waals surface area contributed by atoms with Gasteiger partial charge in [-0.05, 0) is 38.2 Å². The van der Waals surface area contributed by atoms with Gasteiger partial charge in [0.05, 0.1) is 11.7 Å². The van der Waals surface area contributed by atoms with Gasteiger partial charge in [-0.1, -0.05) is 0 Å². The first-order valence-corrected chi connectivity index (χ1v) is 9.02. The molecule has 0 spiro atoms. The van der Waals surface area contributed by atoms with Gasteiger partial charge in [-0.15, -0.1) is 10.2 Å². The number of fused-ring (bicyclic) bond motifs is 3. The smallest absolute Gasteiger partial charge is 0.317 e. The van der Waals surface area contributed by atoms with Gasteiger partial charge in [-0.3, -0.25) is 4.40 Å². The largest absolute Gasteiger partial charge is 0.345 e. The first-order valence-electron chi connectivity index (χ1n) is 9.02. The van der Waals surface area contributed by atoms with Gasteiger partial charge < -0.3 is 15.2 Å². The maximum Gasteiger partial charge on any atom is 0.317 e. The Kier molecular flexibility index (Phi) is 3.36. The van der Waals surface area contributed by atoms with Crippen molar-refractivity contribution < 1.29 is 4.79 Å². The quantitative estimate of drug-likeness (QED) is 0.747. The Balaban J connectivity index is 1.37. The van der Waals surface area contributed by atoms with Crippen LogP contribution in [-0.4, -0.2) is 54.6 Å². The molecular weight excluding hydrogens is 318 g/mol. The Labute approximate surface area is 144 Å². The molecule has 5 rings (SSSR count). The van der Waals surface area contributed by atoms with E-state index in [1.54, 1.807) is 6.20 Å². The zero-order valence-electron chi connectivity index (χ0n) is 14.0. The van der Waals surface area contributed by atoms with Crippen LogP contribution in [0.3, 0.4) is 0 Å². The molecule has 4 heterocycles. The third-order valence-electron chi connectivity index (χ3n) is 5.49. The first-order chi connectivity index (χ1) is 12.3. The topological polar surface area (TPSA) is 91.2 Å². The van der Waals surface area contributed by atoms with E-state index in [-0.39, 0.29) is 12.1 Å². The predicted molar refractivity (Wildman–Crippen MR) is 92.4 cm³/mol. The molecule has 0 aromatic carbocycles. The molecule has 2 N–H and O–H groups in total. The van der Waals surface area contributed by atoms with E-state index in [0.29, 0.717) is 5.92 Å². The lowest BCUT2D eigenvalue weighted by atomic mass is 10.1. The van der Waals surface area contributed by atoms with E-state index in [9.17, 15) is 4.79 Å². The minimum Gasteiger partial charge on any atom is -0.345 e. The number of likely N-dealkylation sites (tertiary alicyclic amines) is 1. The number of urea groups is 1. The summed E-state index contributed by atoms with van der Waals surface area (Å²) in [4.78, 5) is 21.7. The lowest BCUT2D eigenvalue weighted by Crippen LogP contribution is -2.42. The Morgan fingerprint density at radius 3 is 3.00 bits per heavy atom. The fourth-order valence-corrected chi connectivity index (χ4v) is 4.20. The molecule has 3 aromatic heterocycles. The fraction of sp³-hybridized carbons (Fsp3) is 0.529. The van der Waals surface area contributed by atoms with Gasteiger partial charge in [0.25, 0.3) is 0 Å². The molecule has 8 heteroatoms. The van der Waals surface area contributed by atoms with Crippen molar-refractivity contribution in [3.05, 3.63) is 24.3 Å². The standard InChI is InChI=1S/C17H21N7O/c25-17(23-7-1-2-8-23)20-12-4-3-11(9-12)16-22-21-14-10-19-15-13(24(14)16)5-6-18-15/h5-6,10-12,18H,1-4,7-9H2,(H,20,25)/t11-,12-/m1/s1. The first kappa shape index (κ1) is 14.7. The van der Waals surface area contributed by atoms with Crippen molar-refractivity contribution >= 4 is 22.8 Å². The fourth-order valence-electron chi connectivity index (χ4n) is 4.20. The van der Waals surface area contributed by atoms with Crippen LogP contribution in [0.5, 0.6) is 0 Å². The molecule has 3 aromatic rings. The maximum atomic E-state index is 12.3. The minimum atomic E-state index is 0.0893. The molecule has 1 saturated carbocycles. The normalized spacial score (nSPS) is 23.8. The second-order valence-electron chi connectivity index (χ2n) is 7.07. The molecule has 0 radical (unpaired) electrons. The number of carbonyl (C=O) groups is 1. The second kappa shape index (κ2) is 5.72. The molecule has 2 aliphatic rings. The lowest BCUT2D eigenvalue weighted by Gasteiger charge is -2.20. The van der Waals surface area contributed by atoms with Crippen molar-refractivity contribution in [2.75, 3.05) is 13.1 Å². The summed E-state index contributed by atoms with van der Waals surface area (Å²) in [6, 6.07) is 2.31. The summed E-state index contributed by atoms with van der Waals surface area (Å²) in [6.07, 6.45) is 8.78. The number of aromatic amines is 1. The molecule has 1 aliphatic heterocycles. The van der Waals surface area contributed by atoms with Gasteiger partial charge in [-0.2, -0.15) is 0 Å². The number of nitrogens with one attached hydrogen (secondary N) is 2. The molecule has 25 heavy (non-hydrogen) atoms. The van der Waals surface area contributed by atoms with Crippen LogP contribution >= 0.6 is 0 Å². The number of nitrogens with zero attached hydrogens (tertiary/aromatic N) is 5. The van der Waals surface area contributed by atoms with Crippen LogP contribution in [0.25, 0.3) is 16.8 Å². The molecule has 0 bridgehead atoms. The zero-order valence-corrected chi connectivity index (χ0v) is 14.0. The molecular formula is C17H21N7O. The van der Waals surface area contributed by atoms with E-state index in [4.69, 9.17) is 0 Å². The number of hydrogen-bond acceptors (Lipinski definition) is 4. The summed E-state index contributed by atoms with van der Waals surface area (Å²) < 4.78 is 2.09. The van der Waals surface area contributed by atoms with Crippen LogP contribution < -0.4 is 5.32 Å². The van der Waals surface area contributed by atoms with Crippen LogP contribution in [0, 0.1) is 0 Å². The number of carbonyl (C=O) groups excluding carboxylic acids is 1. The summed E-state index contributed by atoms with van der Waals surface area (Å²) in [5.74, 6) is 1.28. The van der Waals surface area contributed by atoms with Crippen molar-refractivity contribution in [1.29, 1.82) is 0 Å². The highest BCUT2D eigenvalue weighted by atomic mass is 16.2. The van der Waals surface area contributed by atoms with Crippen LogP contribution in [0.4, 0.5) is 4.79 Å². The SMILES string of the molecule is O=C(N[C@@H]1CC[C@@H](c2nnc3cnc4[nH]ccc4n23)C1)N1CCCC1. The Bertz CT molecular complexity index is 924. The minimum absolute atomic E-state index is 0.0893. The molecule has 2 fully saturated rings. The van der Waals surface area contributed by atoms with Crippen molar-refractivity contribution in [2.45, 2.75) is 44.1 Å². The van der Waals surface area contributed by atoms with E-state index in [0.717, 1.165) is 67.8 Å². The third kappa shape index (κ3) is 2.43. The van der Waals surface area contributed by atoms with Gasteiger partial charge in [0.15, 0.2) is 11.3 Å². The van der Waals surface area contributed by atoms with E-state index in [1.807, 2.05) is 17.2 Å². The highest BCUT2D eigenvalue weighted by Gasteiger charge is 2.32. The molecule has 2 amide bonds. The summed E-state index contributed by atoms with van der Waals surface area (Å²) in [7, 11) is 0. The van der Waals surface area contributed by atoms with E-state index < -0.39 is 0 Å². The average Bonchev–Trinajstić information content (AvgIpc) is 3.37. The molecule has 8 nitrogen and oxygen atoms in total. The number of aromatic nitrogens is 5. The number of H-pyrrole nitrogens is 1. The Hall–Kier alpha value is -2.64. The summed E-state index contributed by atoms with van der Waals surface area (Å²) >= 11 is 0. The van der Waals surface area contributed by atoms with Gasteiger partial charge in [0, 0.05) is 31.2 Å². The second-order valence-corrected chi connectivity index (χ2v) is 7.07. The maximum absolute atomic E-state index is 12.3. The van der Waals surface area contributed by atoms with Gasteiger partial charge >= 0.3 is 6.03 Å². The number of rotatable bonds is 2. The number of amides is 2. The lowest BCUT2D eigenvalue weighted by molar-refractivity contribution is 0.204. The van der Waals surface area contributed by atoms with Crippen molar-refractivity contribution in [1.82, 2.24) is 34.8 Å². The predicted octanol–water partition coefficient (Wildman–Crippen LogP) is 2.05. The van der Waals surface area contributed by atoms with Crippen LogP contribution in [-0.2, 0) is 0 Å². The summed E-state index contributed by atoms with van der Waals surface area (Å²) in [6.45, 7) is 1.77. The number of hydrogen-bond donors (Lipinski definition) is 2. The van der Waals surface area contributed by atoms with Crippen molar-refractivity contribution in [3.8, 4) is 0 Å². The van der Waals surface area contributed by atoms with Crippen molar-refractivity contribution in [3.63, 3.8) is 0 Å². The average molecular weight is 339 g/mol. The van der Waals surface area contributed by atoms with Crippen LogP contribution in [0.1, 0.15) is 43.8 Å². The monoisotopic (exact) mass is 339 g/mol.